The van der Waals surface area contributed by atoms with Gasteiger partial charge in [0, 0.05) is 19.5 Å². The lowest BCUT2D eigenvalue weighted by Crippen LogP contribution is -2.23. The highest BCUT2D eigenvalue weighted by molar-refractivity contribution is 5.83. The Balaban J connectivity index is 1.98. The maximum atomic E-state index is 13.8. The van der Waals surface area contributed by atoms with Gasteiger partial charge >= 0.3 is 0 Å². The lowest BCUT2D eigenvalue weighted by Gasteiger charge is -2.19. The molecule has 22 heavy (non-hydrogen) atoms. The molecule has 8 heteroatoms. The van der Waals surface area contributed by atoms with Crippen LogP contribution in [0, 0.1) is 0 Å². The van der Waals surface area contributed by atoms with Crippen LogP contribution in [-0.4, -0.2) is 56.6 Å². The van der Waals surface area contributed by atoms with Crippen LogP contribution in [0.4, 0.5) is 10.2 Å². The van der Waals surface area contributed by atoms with Crippen molar-refractivity contribution >= 4 is 17.0 Å². The molecule has 0 spiro atoms. The predicted molar refractivity (Wildman–Crippen MR) is 79.4 cm³/mol. The SMILES string of the molecule is CCN(CC)c1ncnc2c1ncn2[C@H]1C[C@H](F)[C@@H](CO)O1. The van der Waals surface area contributed by atoms with Gasteiger partial charge in [0.1, 0.15) is 24.8 Å². The molecule has 0 aromatic carbocycles. The van der Waals surface area contributed by atoms with Gasteiger partial charge in [-0.2, -0.15) is 0 Å². The average molecular weight is 309 g/mol. The van der Waals surface area contributed by atoms with Crippen molar-refractivity contribution in [1.29, 1.82) is 0 Å². The van der Waals surface area contributed by atoms with Crippen LogP contribution in [0.3, 0.4) is 0 Å². The molecule has 7 nitrogen and oxygen atoms in total. The normalized spacial score (nSPS) is 25.0. The van der Waals surface area contributed by atoms with Crippen molar-refractivity contribution in [2.45, 2.75) is 38.8 Å². The van der Waals surface area contributed by atoms with Crippen molar-refractivity contribution in [3.63, 3.8) is 0 Å². The minimum Gasteiger partial charge on any atom is -0.394 e. The molecule has 2 aromatic rings. The summed E-state index contributed by atoms with van der Waals surface area (Å²) in [6, 6.07) is 0. The van der Waals surface area contributed by atoms with Crippen LogP contribution in [0.5, 0.6) is 0 Å². The van der Waals surface area contributed by atoms with E-state index < -0.39 is 18.5 Å². The van der Waals surface area contributed by atoms with E-state index in [2.05, 4.69) is 19.9 Å². The number of imidazole rings is 1. The Kier molecular flexibility index (Phi) is 4.21. The zero-order valence-corrected chi connectivity index (χ0v) is 12.7. The molecule has 3 atom stereocenters. The Morgan fingerprint density at radius 2 is 2.14 bits per heavy atom. The second-order valence-corrected chi connectivity index (χ2v) is 5.26. The van der Waals surface area contributed by atoms with E-state index in [1.807, 2.05) is 13.8 Å². The molecule has 0 radical (unpaired) electrons. The number of nitrogens with zero attached hydrogens (tertiary/aromatic N) is 5. The summed E-state index contributed by atoms with van der Waals surface area (Å²) in [5.41, 5.74) is 1.30. The Bertz CT molecular complexity index is 645. The van der Waals surface area contributed by atoms with Crippen LogP contribution in [0.25, 0.3) is 11.2 Å². The maximum Gasteiger partial charge on any atom is 0.167 e. The van der Waals surface area contributed by atoms with Gasteiger partial charge < -0.3 is 14.7 Å². The molecular formula is C14H20FN5O2. The zero-order chi connectivity index (χ0) is 15.7. The van der Waals surface area contributed by atoms with Crippen molar-refractivity contribution in [2.75, 3.05) is 24.6 Å². The van der Waals surface area contributed by atoms with Gasteiger partial charge in [-0.25, -0.2) is 19.3 Å². The second kappa shape index (κ2) is 6.13. The van der Waals surface area contributed by atoms with Crippen LogP contribution in [0.1, 0.15) is 26.5 Å². The second-order valence-electron chi connectivity index (χ2n) is 5.26. The smallest absolute Gasteiger partial charge is 0.167 e. The van der Waals surface area contributed by atoms with Crippen molar-refractivity contribution in [3.8, 4) is 0 Å². The van der Waals surface area contributed by atoms with E-state index in [4.69, 9.17) is 9.84 Å². The molecule has 120 valence electrons. The predicted octanol–water partition coefficient (Wildman–Crippen LogP) is 1.29. The average Bonchev–Trinajstić information content (AvgIpc) is 3.12. The molecule has 1 aliphatic heterocycles. The highest BCUT2D eigenvalue weighted by Gasteiger charge is 2.36. The van der Waals surface area contributed by atoms with Crippen molar-refractivity contribution < 1.29 is 14.2 Å². The van der Waals surface area contributed by atoms with Crippen molar-refractivity contribution in [3.05, 3.63) is 12.7 Å². The third kappa shape index (κ3) is 2.42. The van der Waals surface area contributed by atoms with Crippen molar-refractivity contribution in [1.82, 2.24) is 19.5 Å². The lowest BCUT2D eigenvalue weighted by molar-refractivity contribution is -0.0323. The van der Waals surface area contributed by atoms with E-state index in [-0.39, 0.29) is 13.0 Å². The summed E-state index contributed by atoms with van der Waals surface area (Å²) < 4.78 is 21.1. The third-order valence-electron chi connectivity index (χ3n) is 4.05. The number of aliphatic hydroxyl groups is 1. The van der Waals surface area contributed by atoms with Gasteiger partial charge in [-0.3, -0.25) is 4.57 Å². The number of halogens is 1. The molecule has 0 saturated carbocycles. The minimum absolute atomic E-state index is 0.182. The van der Waals surface area contributed by atoms with Crippen LogP contribution in [-0.2, 0) is 4.74 Å². The van der Waals surface area contributed by atoms with E-state index in [1.165, 1.54) is 6.33 Å². The monoisotopic (exact) mass is 309 g/mol. The number of hydrogen-bond donors (Lipinski definition) is 1. The Labute approximate surface area is 127 Å². The molecule has 0 bridgehead atoms. The van der Waals surface area contributed by atoms with Crippen molar-refractivity contribution in [2.24, 2.45) is 0 Å². The van der Waals surface area contributed by atoms with E-state index in [0.29, 0.717) is 11.2 Å². The fraction of sp³-hybridized carbons (Fsp3) is 0.643. The van der Waals surface area contributed by atoms with Gasteiger partial charge in [0.05, 0.1) is 12.9 Å². The fourth-order valence-electron chi connectivity index (χ4n) is 2.83. The topological polar surface area (TPSA) is 76.3 Å². The highest BCUT2D eigenvalue weighted by Crippen LogP contribution is 2.33. The van der Waals surface area contributed by atoms with Gasteiger partial charge in [0.2, 0.25) is 0 Å². The number of hydrogen-bond acceptors (Lipinski definition) is 6. The van der Waals surface area contributed by atoms with Gasteiger partial charge in [-0.05, 0) is 13.8 Å². The largest absolute Gasteiger partial charge is 0.394 e. The summed E-state index contributed by atoms with van der Waals surface area (Å²) in [4.78, 5) is 15.1. The van der Waals surface area contributed by atoms with Gasteiger partial charge in [-0.1, -0.05) is 0 Å². The quantitative estimate of drug-likeness (QED) is 0.897. The Morgan fingerprint density at radius 3 is 2.77 bits per heavy atom. The molecule has 2 aromatic heterocycles. The molecule has 1 fully saturated rings. The Morgan fingerprint density at radius 1 is 1.36 bits per heavy atom. The number of fused-ring (bicyclic) bond motifs is 1. The number of aromatic nitrogens is 4. The fourth-order valence-corrected chi connectivity index (χ4v) is 2.83. The summed E-state index contributed by atoms with van der Waals surface area (Å²) in [6.45, 7) is 5.40. The summed E-state index contributed by atoms with van der Waals surface area (Å²) in [7, 11) is 0. The summed E-state index contributed by atoms with van der Waals surface area (Å²) in [5.74, 6) is 0.766. The lowest BCUT2D eigenvalue weighted by atomic mass is 10.2. The first-order valence-corrected chi connectivity index (χ1v) is 7.52. The molecular weight excluding hydrogens is 289 g/mol. The third-order valence-corrected chi connectivity index (χ3v) is 4.05. The minimum atomic E-state index is -1.18. The molecule has 0 unspecified atom stereocenters. The van der Waals surface area contributed by atoms with E-state index in [9.17, 15) is 4.39 Å². The van der Waals surface area contributed by atoms with E-state index in [1.54, 1.807) is 10.9 Å². The van der Waals surface area contributed by atoms with Crippen LogP contribution in [0.15, 0.2) is 12.7 Å². The standard InChI is InChI=1S/C14H20FN5O2/c1-3-19(4-2)13-12-14(17-7-16-13)20(8-18-12)11-5-9(15)10(6-21)22-11/h7-11,21H,3-6H2,1-2H3/t9-,10+,11+/m0/s1. The number of aliphatic hydroxyl groups excluding tert-OH is 1. The van der Waals surface area contributed by atoms with Gasteiger partial charge in [-0.15, -0.1) is 0 Å². The van der Waals surface area contributed by atoms with E-state index in [0.717, 1.165) is 18.9 Å². The van der Waals surface area contributed by atoms with Gasteiger partial charge in [0.25, 0.3) is 0 Å². The zero-order valence-electron chi connectivity index (χ0n) is 12.7. The van der Waals surface area contributed by atoms with Crippen LogP contribution >= 0.6 is 0 Å². The number of anilines is 1. The van der Waals surface area contributed by atoms with E-state index >= 15 is 0 Å². The molecule has 1 aliphatic rings. The first kappa shape index (κ1) is 15.1. The first-order chi connectivity index (χ1) is 10.7. The summed E-state index contributed by atoms with van der Waals surface area (Å²) in [5, 5.41) is 9.12. The number of ether oxygens (including phenoxy) is 1. The highest BCUT2D eigenvalue weighted by atomic mass is 19.1. The van der Waals surface area contributed by atoms with Gasteiger partial charge in [0.15, 0.2) is 17.0 Å². The number of alkyl halides is 1. The maximum absolute atomic E-state index is 13.8. The molecule has 3 rings (SSSR count). The molecule has 3 heterocycles. The summed E-state index contributed by atoms with van der Waals surface area (Å²) >= 11 is 0. The van der Waals surface area contributed by atoms with Crippen LogP contribution < -0.4 is 4.90 Å². The molecule has 1 saturated heterocycles. The first-order valence-electron chi connectivity index (χ1n) is 7.52. The molecule has 1 N–H and O–H groups in total. The molecule has 0 aliphatic carbocycles. The summed E-state index contributed by atoms with van der Waals surface area (Å²) in [6.07, 6.45) is 0.796. The Hall–Kier alpha value is -1.80. The van der Waals surface area contributed by atoms with Crippen LogP contribution in [0.2, 0.25) is 0 Å². The number of rotatable bonds is 5. The molecule has 0 amide bonds.